The number of hydrogen-bond donors (Lipinski definition) is 3. The number of benzene rings is 2. The van der Waals surface area contributed by atoms with Crippen LogP contribution in [0.3, 0.4) is 0 Å². The van der Waals surface area contributed by atoms with Crippen LogP contribution in [0.4, 0.5) is 11.5 Å². The quantitative estimate of drug-likeness (QED) is 0.449. The van der Waals surface area contributed by atoms with Crippen molar-refractivity contribution in [3.63, 3.8) is 0 Å². The van der Waals surface area contributed by atoms with Crippen LogP contribution >= 0.6 is 0 Å². The zero-order chi connectivity index (χ0) is 21.9. The molecule has 0 atom stereocenters. The van der Waals surface area contributed by atoms with Gasteiger partial charge in [0.1, 0.15) is 5.82 Å². The number of rotatable bonds is 5. The van der Waals surface area contributed by atoms with Crippen LogP contribution in [-0.4, -0.2) is 69.2 Å². The van der Waals surface area contributed by atoms with E-state index in [0.29, 0.717) is 17.2 Å². The van der Waals surface area contributed by atoms with Gasteiger partial charge in [0.25, 0.3) is 5.91 Å². The highest BCUT2D eigenvalue weighted by molar-refractivity contribution is 5.95. The van der Waals surface area contributed by atoms with Crippen molar-refractivity contribution in [3.8, 4) is 11.4 Å². The third-order valence-electron chi connectivity index (χ3n) is 5.51. The minimum Gasteiger partial charge on any atom is -0.340 e. The summed E-state index contributed by atoms with van der Waals surface area (Å²) in [4.78, 5) is 24.0. The molecular formula is C23H24N8O. The van der Waals surface area contributed by atoms with Gasteiger partial charge in [0, 0.05) is 54.6 Å². The number of anilines is 2. The third kappa shape index (κ3) is 4.43. The van der Waals surface area contributed by atoms with E-state index in [4.69, 9.17) is 0 Å². The van der Waals surface area contributed by atoms with Crippen LogP contribution in [-0.2, 0) is 0 Å². The van der Waals surface area contributed by atoms with Gasteiger partial charge >= 0.3 is 0 Å². The third-order valence-corrected chi connectivity index (χ3v) is 5.51. The second kappa shape index (κ2) is 8.74. The summed E-state index contributed by atoms with van der Waals surface area (Å²) in [6.45, 7) is 3.48. The number of carbonyl (C=O) groups excluding carboxylic acids is 1. The lowest BCUT2D eigenvalue weighted by atomic mass is 10.1. The Balaban J connectivity index is 1.32. The van der Waals surface area contributed by atoms with E-state index >= 15 is 0 Å². The van der Waals surface area contributed by atoms with Gasteiger partial charge in [-0.25, -0.2) is 15.0 Å². The van der Waals surface area contributed by atoms with Crippen molar-refractivity contribution in [2.24, 2.45) is 0 Å². The molecule has 5 rings (SSSR count). The molecule has 0 unspecified atom stereocenters. The van der Waals surface area contributed by atoms with Crippen molar-refractivity contribution >= 4 is 28.3 Å². The Bertz CT molecular complexity index is 1250. The number of H-pyrrole nitrogens is 1. The standard InChI is InChI=1S/C23H24N8O/c1-30-9-11-31(12-10-30)29-23(32)17-4-2-3-16(13-17)22-24-8-7-21(27-22)26-19-5-6-20-18(14-19)15-25-28-20/h2-8,13-15H,9-12H2,1H3,(H,25,28)(H,29,32)(H,24,26,27). The van der Waals surface area contributed by atoms with Crippen LogP contribution in [0.25, 0.3) is 22.3 Å². The molecule has 9 heteroatoms. The first kappa shape index (κ1) is 20.1. The van der Waals surface area contributed by atoms with E-state index < -0.39 is 0 Å². The van der Waals surface area contributed by atoms with Gasteiger partial charge < -0.3 is 10.2 Å². The molecule has 2 aromatic heterocycles. The maximum absolute atomic E-state index is 12.7. The second-order valence-electron chi connectivity index (χ2n) is 7.87. The van der Waals surface area contributed by atoms with Gasteiger partial charge in [-0.15, -0.1) is 0 Å². The Hall–Kier alpha value is -3.82. The number of aromatic amines is 1. The monoisotopic (exact) mass is 428 g/mol. The lowest BCUT2D eigenvalue weighted by Crippen LogP contribution is -2.52. The molecular weight excluding hydrogens is 404 g/mol. The van der Waals surface area contributed by atoms with Crippen molar-refractivity contribution in [2.45, 2.75) is 0 Å². The number of hydrogen-bond acceptors (Lipinski definition) is 7. The number of amides is 1. The fourth-order valence-corrected chi connectivity index (χ4v) is 3.66. The average molecular weight is 429 g/mol. The molecule has 32 heavy (non-hydrogen) atoms. The summed E-state index contributed by atoms with van der Waals surface area (Å²) in [5, 5.41) is 13.3. The summed E-state index contributed by atoms with van der Waals surface area (Å²) < 4.78 is 0. The molecule has 1 fully saturated rings. The van der Waals surface area contributed by atoms with E-state index in [-0.39, 0.29) is 5.91 Å². The van der Waals surface area contributed by atoms with E-state index in [2.05, 4.69) is 42.9 Å². The number of aromatic nitrogens is 4. The molecule has 1 amide bonds. The number of fused-ring (bicyclic) bond motifs is 1. The van der Waals surface area contributed by atoms with Crippen LogP contribution < -0.4 is 10.7 Å². The molecule has 0 saturated carbocycles. The number of hydrazine groups is 1. The molecule has 1 aliphatic rings. The van der Waals surface area contributed by atoms with Gasteiger partial charge in [0.15, 0.2) is 5.82 Å². The number of likely N-dealkylation sites (N-methyl/N-ethyl adjacent to an activating group) is 1. The van der Waals surface area contributed by atoms with Gasteiger partial charge in [0.2, 0.25) is 0 Å². The van der Waals surface area contributed by atoms with Crippen LogP contribution in [0.5, 0.6) is 0 Å². The molecule has 0 radical (unpaired) electrons. The Morgan fingerprint density at radius 2 is 1.94 bits per heavy atom. The van der Waals surface area contributed by atoms with E-state index in [1.54, 1.807) is 18.5 Å². The van der Waals surface area contributed by atoms with Gasteiger partial charge in [-0.3, -0.25) is 15.3 Å². The first-order valence-electron chi connectivity index (χ1n) is 10.5. The summed E-state index contributed by atoms with van der Waals surface area (Å²) >= 11 is 0. The number of nitrogens with zero attached hydrogens (tertiary/aromatic N) is 5. The largest absolute Gasteiger partial charge is 0.340 e. The maximum Gasteiger partial charge on any atom is 0.265 e. The van der Waals surface area contributed by atoms with Crippen molar-refractivity contribution in [1.82, 2.24) is 35.5 Å². The highest BCUT2D eigenvalue weighted by Crippen LogP contribution is 2.22. The molecule has 0 aliphatic carbocycles. The highest BCUT2D eigenvalue weighted by atomic mass is 16.2. The molecule has 1 saturated heterocycles. The van der Waals surface area contributed by atoms with E-state index in [9.17, 15) is 4.79 Å². The van der Waals surface area contributed by atoms with Crippen molar-refractivity contribution < 1.29 is 4.79 Å². The number of nitrogens with one attached hydrogen (secondary N) is 3. The van der Waals surface area contributed by atoms with Crippen LogP contribution in [0, 0.1) is 0 Å². The predicted octanol–water partition coefficient (Wildman–Crippen LogP) is 2.66. The normalized spacial score (nSPS) is 15.0. The smallest absolute Gasteiger partial charge is 0.265 e. The summed E-state index contributed by atoms with van der Waals surface area (Å²) in [6.07, 6.45) is 3.49. The minimum atomic E-state index is -0.126. The zero-order valence-corrected chi connectivity index (χ0v) is 17.7. The van der Waals surface area contributed by atoms with Gasteiger partial charge in [-0.2, -0.15) is 5.10 Å². The molecule has 1 aliphatic heterocycles. The number of piperazine rings is 1. The van der Waals surface area contributed by atoms with Gasteiger partial charge in [-0.05, 0) is 43.4 Å². The molecule has 3 N–H and O–H groups in total. The average Bonchev–Trinajstić information content (AvgIpc) is 3.29. The molecule has 9 nitrogen and oxygen atoms in total. The lowest BCUT2D eigenvalue weighted by molar-refractivity contribution is 0.0662. The Morgan fingerprint density at radius 1 is 1.06 bits per heavy atom. The Morgan fingerprint density at radius 3 is 2.81 bits per heavy atom. The molecule has 3 heterocycles. The summed E-state index contributed by atoms with van der Waals surface area (Å²) in [6, 6.07) is 15.1. The fourth-order valence-electron chi connectivity index (χ4n) is 3.66. The molecule has 0 spiro atoms. The maximum atomic E-state index is 12.7. The minimum absolute atomic E-state index is 0.126. The SMILES string of the molecule is CN1CCN(NC(=O)c2cccc(-c3nccc(Nc4ccc5[nH]ncc5c4)n3)c2)CC1. The summed E-state index contributed by atoms with van der Waals surface area (Å²) in [5.74, 6) is 1.10. The molecule has 4 aromatic rings. The first-order valence-corrected chi connectivity index (χ1v) is 10.5. The molecule has 2 aromatic carbocycles. The van der Waals surface area contributed by atoms with Gasteiger partial charge in [-0.1, -0.05) is 12.1 Å². The predicted molar refractivity (Wildman–Crippen MR) is 123 cm³/mol. The van der Waals surface area contributed by atoms with Crippen molar-refractivity contribution in [3.05, 3.63) is 66.5 Å². The Kier molecular flexibility index (Phi) is 5.49. The number of carbonyl (C=O) groups is 1. The van der Waals surface area contributed by atoms with E-state index in [1.165, 1.54) is 0 Å². The fraction of sp³-hybridized carbons (Fsp3) is 0.217. The first-order chi connectivity index (χ1) is 15.6. The topological polar surface area (TPSA) is 102 Å². The van der Waals surface area contributed by atoms with Crippen molar-refractivity contribution in [2.75, 3.05) is 38.5 Å². The Labute approximate surface area is 185 Å². The summed E-state index contributed by atoms with van der Waals surface area (Å²) in [5.41, 5.74) is 6.24. The van der Waals surface area contributed by atoms with Crippen LogP contribution in [0.2, 0.25) is 0 Å². The second-order valence-corrected chi connectivity index (χ2v) is 7.87. The van der Waals surface area contributed by atoms with E-state index in [1.807, 2.05) is 47.5 Å². The highest BCUT2D eigenvalue weighted by Gasteiger charge is 2.17. The van der Waals surface area contributed by atoms with E-state index in [0.717, 1.165) is 48.3 Å². The summed E-state index contributed by atoms with van der Waals surface area (Å²) in [7, 11) is 2.08. The molecule has 162 valence electrons. The lowest BCUT2D eigenvalue weighted by Gasteiger charge is -2.32. The molecule has 0 bridgehead atoms. The van der Waals surface area contributed by atoms with Crippen LogP contribution in [0.1, 0.15) is 10.4 Å². The van der Waals surface area contributed by atoms with Crippen molar-refractivity contribution in [1.29, 1.82) is 0 Å². The zero-order valence-electron chi connectivity index (χ0n) is 17.7. The van der Waals surface area contributed by atoms with Gasteiger partial charge in [0.05, 0.1) is 11.7 Å². The van der Waals surface area contributed by atoms with Crippen LogP contribution in [0.15, 0.2) is 60.9 Å².